The SMILES string of the molecule is CC(C)(C(=O)Nc1cccc(Br)c1)C(N)=S. The van der Waals surface area contributed by atoms with Crippen molar-refractivity contribution in [3.05, 3.63) is 28.7 Å². The number of halogens is 1. The lowest BCUT2D eigenvalue weighted by Crippen LogP contribution is -2.41. The number of carbonyl (C=O) groups is 1. The van der Waals surface area contributed by atoms with E-state index in [4.69, 9.17) is 18.0 Å². The van der Waals surface area contributed by atoms with Gasteiger partial charge in [0.1, 0.15) is 0 Å². The summed E-state index contributed by atoms with van der Waals surface area (Å²) < 4.78 is 0.901. The van der Waals surface area contributed by atoms with E-state index in [0.29, 0.717) is 5.69 Å². The van der Waals surface area contributed by atoms with Gasteiger partial charge in [0, 0.05) is 10.2 Å². The van der Waals surface area contributed by atoms with Gasteiger partial charge in [-0.2, -0.15) is 0 Å². The van der Waals surface area contributed by atoms with E-state index in [1.807, 2.05) is 18.2 Å². The molecule has 1 aromatic rings. The van der Waals surface area contributed by atoms with E-state index in [1.54, 1.807) is 19.9 Å². The summed E-state index contributed by atoms with van der Waals surface area (Å²) in [6, 6.07) is 7.34. The number of amides is 1. The van der Waals surface area contributed by atoms with Gasteiger partial charge in [-0.25, -0.2) is 0 Å². The fraction of sp³-hybridized carbons (Fsp3) is 0.273. The zero-order valence-electron chi connectivity index (χ0n) is 9.08. The number of hydrogen-bond donors (Lipinski definition) is 2. The van der Waals surface area contributed by atoms with E-state index in [1.165, 1.54) is 0 Å². The average molecular weight is 301 g/mol. The molecule has 0 aromatic heterocycles. The molecule has 0 aliphatic rings. The summed E-state index contributed by atoms with van der Waals surface area (Å²) in [7, 11) is 0. The third kappa shape index (κ3) is 3.02. The van der Waals surface area contributed by atoms with E-state index in [0.717, 1.165) is 4.47 Å². The summed E-state index contributed by atoms with van der Waals surface area (Å²) in [5, 5.41) is 2.77. The number of nitrogens with one attached hydrogen (secondary N) is 1. The van der Waals surface area contributed by atoms with Crippen LogP contribution in [0.4, 0.5) is 5.69 Å². The molecular formula is C11H13BrN2OS. The van der Waals surface area contributed by atoms with Gasteiger partial charge in [-0.3, -0.25) is 4.79 Å². The Morgan fingerprint density at radius 3 is 2.62 bits per heavy atom. The lowest BCUT2D eigenvalue weighted by molar-refractivity contribution is -0.121. The van der Waals surface area contributed by atoms with Gasteiger partial charge in [-0.15, -0.1) is 0 Å². The topological polar surface area (TPSA) is 55.1 Å². The van der Waals surface area contributed by atoms with E-state index in [9.17, 15) is 4.79 Å². The lowest BCUT2D eigenvalue weighted by atomic mass is 9.92. The standard InChI is InChI=1S/C11H13BrN2OS/c1-11(2,9(13)16)10(15)14-8-5-3-4-7(12)6-8/h3-6H,1-2H3,(H2,13,16)(H,14,15). The molecule has 3 N–H and O–H groups in total. The van der Waals surface area contributed by atoms with Crippen molar-refractivity contribution >= 4 is 44.7 Å². The summed E-state index contributed by atoms with van der Waals surface area (Å²) in [6.45, 7) is 3.39. The zero-order chi connectivity index (χ0) is 12.3. The number of benzene rings is 1. The van der Waals surface area contributed by atoms with Gasteiger partial charge in [0.15, 0.2) is 0 Å². The number of thiocarbonyl (C=S) groups is 1. The first kappa shape index (κ1) is 13.1. The van der Waals surface area contributed by atoms with Crippen molar-refractivity contribution in [1.82, 2.24) is 0 Å². The van der Waals surface area contributed by atoms with Crippen LogP contribution in [-0.2, 0) is 4.79 Å². The number of carbonyl (C=O) groups excluding carboxylic acids is 1. The van der Waals surface area contributed by atoms with Gasteiger partial charge in [-0.05, 0) is 32.0 Å². The highest BCUT2D eigenvalue weighted by Gasteiger charge is 2.30. The van der Waals surface area contributed by atoms with Gasteiger partial charge in [-0.1, -0.05) is 34.2 Å². The predicted octanol–water partition coefficient (Wildman–Crippen LogP) is 2.70. The minimum atomic E-state index is -0.850. The molecule has 0 aliphatic heterocycles. The van der Waals surface area contributed by atoms with E-state index >= 15 is 0 Å². The van der Waals surface area contributed by atoms with Crippen LogP contribution in [0.3, 0.4) is 0 Å². The minimum Gasteiger partial charge on any atom is -0.392 e. The highest BCUT2D eigenvalue weighted by Crippen LogP contribution is 2.21. The molecule has 1 amide bonds. The number of anilines is 1. The first-order chi connectivity index (χ1) is 7.34. The molecule has 3 nitrogen and oxygen atoms in total. The average Bonchev–Trinajstić information content (AvgIpc) is 2.17. The molecule has 1 rings (SSSR count). The molecule has 5 heteroatoms. The van der Waals surface area contributed by atoms with Crippen molar-refractivity contribution in [3.8, 4) is 0 Å². The quantitative estimate of drug-likeness (QED) is 0.844. The van der Waals surface area contributed by atoms with E-state index in [-0.39, 0.29) is 10.9 Å². The largest absolute Gasteiger partial charge is 0.392 e. The second kappa shape index (κ2) is 4.93. The van der Waals surface area contributed by atoms with E-state index < -0.39 is 5.41 Å². The summed E-state index contributed by atoms with van der Waals surface area (Å²) >= 11 is 8.19. The maximum absolute atomic E-state index is 11.9. The maximum Gasteiger partial charge on any atom is 0.236 e. The molecule has 0 aliphatic carbocycles. The number of nitrogens with two attached hydrogens (primary N) is 1. The monoisotopic (exact) mass is 300 g/mol. The Morgan fingerprint density at radius 2 is 2.12 bits per heavy atom. The lowest BCUT2D eigenvalue weighted by Gasteiger charge is -2.21. The first-order valence-electron chi connectivity index (χ1n) is 4.71. The third-order valence-corrected chi connectivity index (χ3v) is 3.27. The molecule has 0 unspecified atom stereocenters. The molecule has 0 heterocycles. The normalized spacial score (nSPS) is 10.9. The van der Waals surface area contributed by atoms with Crippen LogP contribution in [0.1, 0.15) is 13.8 Å². The van der Waals surface area contributed by atoms with E-state index in [2.05, 4.69) is 21.2 Å². The first-order valence-corrected chi connectivity index (χ1v) is 5.91. The van der Waals surface area contributed by atoms with Crippen LogP contribution in [0.2, 0.25) is 0 Å². The summed E-state index contributed by atoms with van der Waals surface area (Å²) in [5.74, 6) is -0.210. The molecule has 0 saturated carbocycles. The number of hydrogen-bond acceptors (Lipinski definition) is 2. The molecule has 0 radical (unpaired) electrons. The molecular weight excluding hydrogens is 288 g/mol. The third-order valence-electron chi connectivity index (χ3n) is 2.27. The van der Waals surface area contributed by atoms with Crippen LogP contribution in [0.25, 0.3) is 0 Å². The Labute approximate surface area is 109 Å². The summed E-state index contributed by atoms with van der Waals surface area (Å²) in [4.78, 5) is 12.1. The van der Waals surface area contributed by atoms with Crippen molar-refractivity contribution < 1.29 is 4.79 Å². The second-order valence-corrected chi connectivity index (χ2v) is 5.31. The fourth-order valence-electron chi connectivity index (χ4n) is 0.965. The van der Waals surface area contributed by atoms with Crippen molar-refractivity contribution in [2.45, 2.75) is 13.8 Å². The van der Waals surface area contributed by atoms with Crippen LogP contribution < -0.4 is 11.1 Å². The van der Waals surface area contributed by atoms with Crippen LogP contribution in [0, 0.1) is 5.41 Å². The van der Waals surface area contributed by atoms with Crippen molar-refractivity contribution in [2.24, 2.45) is 11.1 Å². The maximum atomic E-state index is 11.9. The second-order valence-electron chi connectivity index (χ2n) is 3.95. The molecule has 0 saturated heterocycles. The highest BCUT2D eigenvalue weighted by atomic mass is 79.9. The molecule has 0 bridgehead atoms. The van der Waals surface area contributed by atoms with Gasteiger partial charge in [0.2, 0.25) is 5.91 Å². The predicted molar refractivity (Wildman–Crippen MR) is 73.3 cm³/mol. The van der Waals surface area contributed by atoms with Crippen LogP contribution >= 0.6 is 28.1 Å². The Bertz CT molecular complexity index is 432. The fourth-order valence-corrected chi connectivity index (χ4v) is 1.46. The smallest absolute Gasteiger partial charge is 0.236 e. The molecule has 0 fully saturated rings. The van der Waals surface area contributed by atoms with Crippen LogP contribution in [0.5, 0.6) is 0 Å². The van der Waals surface area contributed by atoms with Gasteiger partial charge in [0.05, 0.1) is 10.4 Å². The Morgan fingerprint density at radius 1 is 1.50 bits per heavy atom. The Hall–Kier alpha value is -0.940. The Kier molecular flexibility index (Phi) is 4.04. The molecule has 1 aromatic carbocycles. The van der Waals surface area contributed by atoms with Gasteiger partial charge >= 0.3 is 0 Å². The van der Waals surface area contributed by atoms with Crippen LogP contribution in [-0.4, -0.2) is 10.9 Å². The van der Waals surface area contributed by atoms with Crippen LogP contribution in [0.15, 0.2) is 28.7 Å². The summed E-state index contributed by atoms with van der Waals surface area (Å²) in [5.41, 5.74) is 5.38. The Balaban J connectivity index is 2.83. The van der Waals surface area contributed by atoms with Crippen molar-refractivity contribution in [1.29, 1.82) is 0 Å². The molecule has 86 valence electrons. The molecule has 16 heavy (non-hydrogen) atoms. The molecule has 0 spiro atoms. The van der Waals surface area contributed by atoms with Gasteiger partial charge in [0.25, 0.3) is 0 Å². The van der Waals surface area contributed by atoms with Gasteiger partial charge < -0.3 is 11.1 Å². The summed E-state index contributed by atoms with van der Waals surface area (Å²) in [6.07, 6.45) is 0. The highest BCUT2D eigenvalue weighted by molar-refractivity contribution is 9.10. The molecule has 0 atom stereocenters. The van der Waals surface area contributed by atoms with Crippen molar-refractivity contribution in [3.63, 3.8) is 0 Å². The zero-order valence-corrected chi connectivity index (χ0v) is 11.5. The minimum absolute atomic E-state index is 0.181. The number of rotatable bonds is 3. The van der Waals surface area contributed by atoms with Crippen molar-refractivity contribution in [2.75, 3.05) is 5.32 Å².